The number of hydrogen-bond donors (Lipinski definition) is 1. The minimum Gasteiger partial charge on any atom is -0.370 e. The lowest BCUT2D eigenvalue weighted by molar-refractivity contribution is 0.766. The van der Waals surface area contributed by atoms with Crippen LogP contribution in [0.4, 0.5) is 5.69 Å². The van der Waals surface area contributed by atoms with Gasteiger partial charge in [-0.15, -0.1) is 0 Å². The summed E-state index contributed by atoms with van der Waals surface area (Å²) in [7, 11) is 3.95. The molecule has 0 bridgehead atoms. The van der Waals surface area contributed by atoms with E-state index in [2.05, 4.69) is 10.00 Å². The fourth-order valence-corrected chi connectivity index (χ4v) is 2.39. The third-order valence-electron chi connectivity index (χ3n) is 3.09. The van der Waals surface area contributed by atoms with Gasteiger partial charge in [0.1, 0.15) is 0 Å². The Morgan fingerprint density at radius 2 is 2.21 bits per heavy atom. The molecule has 0 aliphatic carbocycles. The summed E-state index contributed by atoms with van der Waals surface area (Å²) >= 11 is 6.25. The Kier molecular flexibility index (Phi) is 4.12. The van der Waals surface area contributed by atoms with Gasteiger partial charge in [0.25, 0.3) is 0 Å². The Balaban J connectivity index is 2.15. The summed E-state index contributed by atoms with van der Waals surface area (Å²) in [6.07, 6.45) is 3.88. The predicted octanol–water partition coefficient (Wildman–Crippen LogP) is 2.73. The molecule has 0 aliphatic rings. The maximum atomic E-state index is 6.25. The van der Waals surface area contributed by atoms with Crippen LogP contribution in [-0.4, -0.2) is 16.8 Å². The molecule has 19 heavy (non-hydrogen) atoms. The maximum absolute atomic E-state index is 6.25. The highest BCUT2D eigenvalue weighted by molar-refractivity contribution is 6.31. The van der Waals surface area contributed by atoms with Gasteiger partial charge in [0, 0.05) is 49.2 Å². The number of halogens is 1. The van der Waals surface area contributed by atoms with Crippen LogP contribution in [0.15, 0.2) is 30.6 Å². The normalized spacial score (nSPS) is 12.5. The van der Waals surface area contributed by atoms with Crippen LogP contribution in [0.2, 0.25) is 5.02 Å². The summed E-state index contributed by atoms with van der Waals surface area (Å²) in [5.74, 6) is 0. The zero-order valence-electron chi connectivity index (χ0n) is 11.5. The third-order valence-corrected chi connectivity index (χ3v) is 3.42. The molecule has 1 aromatic heterocycles. The minimum atomic E-state index is -0.0508. The first kappa shape index (κ1) is 13.9. The number of rotatable bonds is 4. The molecule has 0 saturated heterocycles. The van der Waals surface area contributed by atoms with Gasteiger partial charge < -0.3 is 10.6 Å². The quantitative estimate of drug-likeness (QED) is 0.935. The molecule has 1 unspecified atom stereocenters. The first-order valence-corrected chi connectivity index (χ1v) is 6.59. The van der Waals surface area contributed by atoms with Crippen molar-refractivity contribution in [2.45, 2.75) is 19.5 Å². The van der Waals surface area contributed by atoms with Crippen molar-refractivity contribution in [1.29, 1.82) is 0 Å². The van der Waals surface area contributed by atoms with Crippen LogP contribution < -0.4 is 10.6 Å². The lowest BCUT2D eigenvalue weighted by Gasteiger charge is -2.20. The number of aromatic nitrogens is 2. The van der Waals surface area contributed by atoms with Gasteiger partial charge in [-0.05, 0) is 24.6 Å². The van der Waals surface area contributed by atoms with Gasteiger partial charge in [-0.3, -0.25) is 4.68 Å². The minimum absolute atomic E-state index is 0.0508. The molecule has 102 valence electrons. The predicted molar refractivity (Wildman–Crippen MR) is 79.4 cm³/mol. The molecule has 2 N–H and O–H groups in total. The lowest BCUT2D eigenvalue weighted by Crippen LogP contribution is -2.16. The Morgan fingerprint density at radius 3 is 2.74 bits per heavy atom. The van der Waals surface area contributed by atoms with Crippen molar-refractivity contribution >= 4 is 17.3 Å². The van der Waals surface area contributed by atoms with E-state index in [0.717, 1.165) is 23.4 Å². The van der Waals surface area contributed by atoms with E-state index in [4.69, 9.17) is 17.3 Å². The largest absolute Gasteiger partial charge is 0.370 e. The van der Waals surface area contributed by atoms with Gasteiger partial charge >= 0.3 is 0 Å². The third kappa shape index (κ3) is 3.28. The van der Waals surface area contributed by atoms with E-state index in [0.29, 0.717) is 5.02 Å². The van der Waals surface area contributed by atoms with E-state index in [-0.39, 0.29) is 6.04 Å². The van der Waals surface area contributed by atoms with Gasteiger partial charge in [-0.2, -0.15) is 5.10 Å². The smallest absolute Gasteiger partial charge is 0.0539 e. The Labute approximate surface area is 118 Å². The van der Waals surface area contributed by atoms with Gasteiger partial charge in [-0.25, -0.2) is 0 Å². The molecule has 0 aliphatic heterocycles. The van der Waals surface area contributed by atoms with Crippen molar-refractivity contribution in [3.05, 3.63) is 46.7 Å². The van der Waals surface area contributed by atoms with Crippen LogP contribution in [0.1, 0.15) is 24.1 Å². The molecule has 0 fully saturated rings. The monoisotopic (exact) mass is 278 g/mol. The summed E-state index contributed by atoms with van der Waals surface area (Å²) in [6, 6.07) is 5.93. The van der Waals surface area contributed by atoms with Crippen LogP contribution in [-0.2, 0) is 13.6 Å². The number of anilines is 1. The van der Waals surface area contributed by atoms with Crippen LogP contribution >= 0.6 is 11.6 Å². The van der Waals surface area contributed by atoms with E-state index >= 15 is 0 Å². The zero-order valence-corrected chi connectivity index (χ0v) is 12.2. The fourth-order valence-electron chi connectivity index (χ4n) is 2.04. The highest BCUT2D eigenvalue weighted by Gasteiger charge is 2.09. The highest BCUT2D eigenvalue weighted by Crippen LogP contribution is 2.27. The fraction of sp³-hybridized carbons (Fsp3) is 0.357. The summed E-state index contributed by atoms with van der Waals surface area (Å²) in [5.41, 5.74) is 9.06. The van der Waals surface area contributed by atoms with Crippen molar-refractivity contribution in [2.75, 3.05) is 11.9 Å². The molecule has 0 amide bonds. The SMILES string of the molecule is CC(N)c1ccc(N(C)Cc2cnn(C)c2)cc1Cl. The molecule has 1 heterocycles. The first-order chi connectivity index (χ1) is 8.97. The van der Waals surface area contributed by atoms with Gasteiger partial charge in [-0.1, -0.05) is 17.7 Å². The van der Waals surface area contributed by atoms with Crippen LogP contribution in [0, 0.1) is 0 Å². The Morgan fingerprint density at radius 1 is 1.47 bits per heavy atom. The molecule has 2 rings (SSSR count). The van der Waals surface area contributed by atoms with Crippen LogP contribution in [0.5, 0.6) is 0 Å². The van der Waals surface area contributed by atoms with Crippen molar-refractivity contribution in [2.24, 2.45) is 12.8 Å². The molecule has 0 radical (unpaired) electrons. The first-order valence-electron chi connectivity index (χ1n) is 6.21. The average molecular weight is 279 g/mol. The molecule has 1 atom stereocenters. The van der Waals surface area contributed by atoms with E-state index in [1.54, 1.807) is 4.68 Å². The van der Waals surface area contributed by atoms with Crippen molar-refractivity contribution in [3.63, 3.8) is 0 Å². The average Bonchev–Trinajstić information content (AvgIpc) is 2.74. The summed E-state index contributed by atoms with van der Waals surface area (Å²) in [5, 5.41) is 4.88. The second kappa shape index (κ2) is 5.63. The zero-order chi connectivity index (χ0) is 14.0. The standard InChI is InChI=1S/C14H19ClN4/c1-10(16)13-5-4-12(6-14(13)15)18(2)8-11-7-17-19(3)9-11/h4-7,9-10H,8,16H2,1-3H3. The van der Waals surface area contributed by atoms with E-state index in [1.807, 2.05) is 51.6 Å². The molecule has 1 aromatic carbocycles. The summed E-state index contributed by atoms with van der Waals surface area (Å²) in [4.78, 5) is 2.13. The van der Waals surface area contributed by atoms with Gasteiger partial charge in [0.15, 0.2) is 0 Å². The number of nitrogens with two attached hydrogens (primary N) is 1. The van der Waals surface area contributed by atoms with E-state index in [1.165, 1.54) is 0 Å². The summed E-state index contributed by atoms with van der Waals surface area (Å²) in [6.45, 7) is 2.72. The molecular weight excluding hydrogens is 260 g/mol. The van der Waals surface area contributed by atoms with E-state index in [9.17, 15) is 0 Å². The second-order valence-corrected chi connectivity index (χ2v) is 5.28. The number of benzene rings is 1. The topological polar surface area (TPSA) is 47.1 Å². The summed E-state index contributed by atoms with van der Waals surface area (Å²) < 4.78 is 1.80. The molecule has 0 saturated carbocycles. The maximum Gasteiger partial charge on any atom is 0.0539 e. The molecule has 4 nitrogen and oxygen atoms in total. The highest BCUT2D eigenvalue weighted by atomic mass is 35.5. The molecular formula is C14H19ClN4. The van der Waals surface area contributed by atoms with Gasteiger partial charge in [0.2, 0.25) is 0 Å². The number of nitrogens with zero attached hydrogens (tertiary/aromatic N) is 3. The number of hydrogen-bond acceptors (Lipinski definition) is 3. The van der Waals surface area contributed by atoms with E-state index < -0.39 is 0 Å². The molecule has 0 spiro atoms. The second-order valence-electron chi connectivity index (χ2n) is 4.87. The van der Waals surface area contributed by atoms with Gasteiger partial charge in [0.05, 0.1) is 6.20 Å². The number of aryl methyl sites for hydroxylation is 1. The van der Waals surface area contributed by atoms with Crippen molar-refractivity contribution in [3.8, 4) is 0 Å². The lowest BCUT2D eigenvalue weighted by atomic mass is 10.1. The molecule has 5 heteroatoms. The van der Waals surface area contributed by atoms with Crippen LogP contribution in [0.25, 0.3) is 0 Å². The van der Waals surface area contributed by atoms with Crippen molar-refractivity contribution < 1.29 is 0 Å². The molecule has 2 aromatic rings. The van der Waals surface area contributed by atoms with Crippen LogP contribution in [0.3, 0.4) is 0 Å². The van der Waals surface area contributed by atoms with Crippen molar-refractivity contribution in [1.82, 2.24) is 9.78 Å². The Hall–Kier alpha value is -1.52. The Bertz CT molecular complexity index is 562.